The van der Waals surface area contributed by atoms with E-state index in [0.717, 1.165) is 90.4 Å². The lowest BCUT2D eigenvalue weighted by Gasteiger charge is -2.17. The number of para-hydroxylation sites is 1. The Hall–Kier alpha value is -7.04. The van der Waals surface area contributed by atoms with E-state index in [1.54, 1.807) is 0 Å². The van der Waals surface area contributed by atoms with Gasteiger partial charge in [0.15, 0.2) is 5.84 Å². The summed E-state index contributed by atoms with van der Waals surface area (Å²) in [6.07, 6.45) is 3.83. The van der Waals surface area contributed by atoms with Gasteiger partial charge in [0.05, 0.1) is 33.7 Å². The van der Waals surface area contributed by atoms with Crippen LogP contribution >= 0.6 is 0 Å². The average molecular weight is 692 g/mol. The van der Waals surface area contributed by atoms with E-state index in [2.05, 4.69) is 168 Å². The van der Waals surface area contributed by atoms with Crippen LogP contribution in [0.3, 0.4) is 0 Å². The Balaban J connectivity index is 1.26. The van der Waals surface area contributed by atoms with Gasteiger partial charge in [-0.1, -0.05) is 140 Å². The van der Waals surface area contributed by atoms with Crippen molar-refractivity contribution in [2.45, 2.75) is 12.8 Å². The molecule has 3 heterocycles. The van der Waals surface area contributed by atoms with Gasteiger partial charge in [0.2, 0.25) is 0 Å². The number of fused-ring (bicyclic) bond motifs is 9. The highest BCUT2D eigenvalue weighted by Crippen LogP contribution is 2.43. The van der Waals surface area contributed by atoms with E-state index >= 15 is 0 Å². The Morgan fingerprint density at radius 3 is 1.93 bits per heavy atom. The Bertz CT molecular complexity index is 3200. The molecule has 0 radical (unpaired) electrons. The summed E-state index contributed by atoms with van der Waals surface area (Å²) in [6.45, 7) is 0. The van der Waals surface area contributed by atoms with Gasteiger partial charge in [0.1, 0.15) is 11.2 Å². The van der Waals surface area contributed by atoms with Gasteiger partial charge in [-0.3, -0.25) is 0 Å². The number of amidine groups is 1. The molecule has 4 heteroatoms. The number of rotatable bonds is 4. The molecule has 0 bridgehead atoms. The fourth-order valence-corrected chi connectivity index (χ4v) is 8.33. The average Bonchev–Trinajstić information content (AvgIpc) is 3.76. The van der Waals surface area contributed by atoms with Gasteiger partial charge in [0.25, 0.3) is 0 Å². The standard InChI is InChI=1S/C50H33N3O/c1-3-15-33(16-4-1)42-23-13-24-43(52-50(51-42)34-17-5-2-6-18-34)47-45(29-28-40-39-27-26-32-14-9-10-21-37(32)48(39)54-49(40)47)53-44-25-12-11-22-38(44)41-30-35-19-7-8-20-36(35)31-46(41)53/h1-12,14-22,24-31H,13,23H2. The van der Waals surface area contributed by atoms with Crippen molar-refractivity contribution < 1.29 is 4.42 Å². The number of furan rings is 1. The van der Waals surface area contributed by atoms with E-state index < -0.39 is 0 Å². The zero-order valence-electron chi connectivity index (χ0n) is 29.4. The monoisotopic (exact) mass is 691 g/mol. The van der Waals surface area contributed by atoms with Gasteiger partial charge in [-0.2, -0.15) is 0 Å². The first-order chi connectivity index (χ1) is 26.8. The third-order valence-corrected chi connectivity index (χ3v) is 10.9. The van der Waals surface area contributed by atoms with Gasteiger partial charge in [-0.25, -0.2) is 9.98 Å². The van der Waals surface area contributed by atoms with Gasteiger partial charge in [-0.05, 0) is 71.0 Å². The molecule has 4 nitrogen and oxygen atoms in total. The smallest absolute Gasteiger partial charge is 0.160 e. The molecular formula is C50H33N3O. The molecule has 0 saturated carbocycles. The van der Waals surface area contributed by atoms with E-state index in [-0.39, 0.29) is 0 Å². The molecule has 0 spiro atoms. The number of hydrogen-bond acceptors (Lipinski definition) is 3. The van der Waals surface area contributed by atoms with E-state index in [4.69, 9.17) is 14.4 Å². The minimum absolute atomic E-state index is 0.679. The third kappa shape index (κ3) is 4.84. The van der Waals surface area contributed by atoms with Crippen LogP contribution in [0.15, 0.2) is 190 Å². The molecule has 254 valence electrons. The van der Waals surface area contributed by atoms with Crippen molar-refractivity contribution in [2.75, 3.05) is 0 Å². The minimum atomic E-state index is 0.679. The molecule has 0 aliphatic carbocycles. The van der Waals surface area contributed by atoms with Crippen LogP contribution < -0.4 is 0 Å². The number of nitrogens with zero attached hydrogens (tertiary/aromatic N) is 3. The highest BCUT2D eigenvalue weighted by molar-refractivity contribution is 6.20. The van der Waals surface area contributed by atoms with Crippen LogP contribution in [0.4, 0.5) is 0 Å². The zero-order valence-corrected chi connectivity index (χ0v) is 29.4. The molecule has 54 heavy (non-hydrogen) atoms. The minimum Gasteiger partial charge on any atom is -0.455 e. The van der Waals surface area contributed by atoms with Crippen LogP contribution in [0, 0.1) is 0 Å². The second-order valence-corrected chi connectivity index (χ2v) is 14.0. The van der Waals surface area contributed by atoms with Crippen molar-refractivity contribution in [3.63, 3.8) is 0 Å². The molecule has 0 amide bonds. The molecule has 2 aromatic heterocycles. The van der Waals surface area contributed by atoms with Crippen molar-refractivity contribution in [3.8, 4) is 5.69 Å². The summed E-state index contributed by atoms with van der Waals surface area (Å²) in [5.41, 5.74) is 9.90. The Morgan fingerprint density at radius 2 is 1.11 bits per heavy atom. The summed E-state index contributed by atoms with van der Waals surface area (Å²) < 4.78 is 9.54. The lowest BCUT2D eigenvalue weighted by atomic mass is 9.99. The molecule has 0 atom stereocenters. The fraction of sp³-hybridized carbons (Fsp3) is 0.0400. The molecule has 8 aromatic carbocycles. The topological polar surface area (TPSA) is 42.8 Å². The zero-order chi connectivity index (χ0) is 35.6. The lowest BCUT2D eigenvalue weighted by Crippen LogP contribution is -2.10. The number of allylic oxidation sites excluding steroid dienone is 1. The third-order valence-electron chi connectivity index (χ3n) is 10.9. The number of aromatic nitrogens is 1. The second-order valence-electron chi connectivity index (χ2n) is 14.0. The van der Waals surface area contributed by atoms with Crippen LogP contribution in [-0.2, 0) is 0 Å². The lowest BCUT2D eigenvalue weighted by molar-refractivity contribution is 0.671. The normalized spacial score (nSPS) is 13.7. The molecule has 11 rings (SSSR count). The first-order valence-electron chi connectivity index (χ1n) is 18.6. The fourth-order valence-electron chi connectivity index (χ4n) is 8.33. The summed E-state index contributed by atoms with van der Waals surface area (Å²) in [5.74, 6) is 0.679. The molecule has 0 unspecified atom stereocenters. The van der Waals surface area contributed by atoms with E-state index in [1.165, 1.54) is 21.5 Å². The van der Waals surface area contributed by atoms with Crippen molar-refractivity contribution in [2.24, 2.45) is 9.98 Å². The van der Waals surface area contributed by atoms with Gasteiger partial charge >= 0.3 is 0 Å². The largest absolute Gasteiger partial charge is 0.455 e. The van der Waals surface area contributed by atoms with Crippen LogP contribution in [0.2, 0.25) is 0 Å². The van der Waals surface area contributed by atoms with Gasteiger partial charge in [-0.15, -0.1) is 0 Å². The molecule has 0 N–H and O–H groups in total. The maximum absolute atomic E-state index is 7.13. The molecule has 1 aliphatic heterocycles. The Morgan fingerprint density at radius 1 is 0.463 bits per heavy atom. The van der Waals surface area contributed by atoms with Crippen LogP contribution in [0.5, 0.6) is 0 Å². The van der Waals surface area contributed by atoms with Crippen LogP contribution in [0.1, 0.15) is 29.5 Å². The van der Waals surface area contributed by atoms with Crippen molar-refractivity contribution in [3.05, 3.63) is 193 Å². The Kier molecular flexibility index (Phi) is 6.96. The van der Waals surface area contributed by atoms with Crippen LogP contribution in [0.25, 0.3) is 76.7 Å². The predicted octanol–water partition coefficient (Wildman–Crippen LogP) is 13.1. The Labute approximate surface area is 311 Å². The van der Waals surface area contributed by atoms with Crippen molar-refractivity contribution >= 4 is 82.5 Å². The summed E-state index contributed by atoms with van der Waals surface area (Å²) in [4.78, 5) is 10.9. The molecular weight excluding hydrogens is 659 g/mol. The molecule has 0 fully saturated rings. The first-order valence-corrected chi connectivity index (χ1v) is 18.6. The quantitative estimate of drug-likeness (QED) is 0.181. The van der Waals surface area contributed by atoms with E-state index in [9.17, 15) is 0 Å². The van der Waals surface area contributed by atoms with Gasteiger partial charge in [0, 0.05) is 32.5 Å². The SMILES string of the molecule is C1=C(c2c(-n3c4ccccc4c4cc5ccccc5cc43)ccc3c2oc2c4ccccc4ccc32)N=C(c2ccccc2)N=C(c2ccccc2)CC1. The number of aliphatic imine (C=N–C) groups is 2. The van der Waals surface area contributed by atoms with Crippen molar-refractivity contribution in [1.82, 2.24) is 4.57 Å². The maximum atomic E-state index is 7.13. The molecule has 10 aromatic rings. The van der Waals surface area contributed by atoms with Gasteiger partial charge < -0.3 is 8.98 Å². The molecule has 0 saturated heterocycles. The number of hydrogen-bond donors (Lipinski definition) is 0. The summed E-state index contributed by atoms with van der Waals surface area (Å²) in [5, 5.41) is 9.24. The van der Waals surface area contributed by atoms with E-state index in [0.29, 0.717) is 5.84 Å². The molecule has 1 aliphatic rings. The second kappa shape index (κ2) is 12.3. The highest BCUT2D eigenvalue weighted by Gasteiger charge is 2.24. The van der Waals surface area contributed by atoms with Crippen LogP contribution in [-0.4, -0.2) is 16.1 Å². The van der Waals surface area contributed by atoms with Crippen molar-refractivity contribution in [1.29, 1.82) is 0 Å². The summed E-state index contributed by atoms with van der Waals surface area (Å²) in [7, 11) is 0. The number of benzene rings is 8. The first kappa shape index (κ1) is 30.6. The maximum Gasteiger partial charge on any atom is 0.160 e. The predicted molar refractivity (Wildman–Crippen MR) is 226 cm³/mol. The summed E-state index contributed by atoms with van der Waals surface area (Å²) >= 11 is 0. The summed E-state index contributed by atoms with van der Waals surface area (Å²) in [6, 6.07) is 60.1. The van der Waals surface area contributed by atoms with E-state index in [1.807, 2.05) is 12.1 Å². The highest BCUT2D eigenvalue weighted by atomic mass is 16.3.